The number of aromatic nitrogens is 2. The Morgan fingerprint density at radius 1 is 1.00 bits per heavy atom. The number of ether oxygens (including phenoxy) is 2. The van der Waals surface area contributed by atoms with E-state index in [0.717, 1.165) is 5.56 Å². The van der Waals surface area contributed by atoms with Gasteiger partial charge in [0, 0.05) is 12.7 Å². The Labute approximate surface area is 233 Å². The van der Waals surface area contributed by atoms with Crippen molar-refractivity contribution < 1.29 is 31.6 Å². The molecular formula is C29H30N3O7S+. The maximum atomic E-state index is 13.4. The number of para-hydroxylation sites is 1. The summed E-state index contributed by atoms with van der Waals surface area (Å²) in [5, 5.41) is 11.7. The van der Waals surface area contributed by atoms with Crippen LogP contribution >= 0.6 is 0 Å². The molecule has 2 atom stereocenters. The molecule has 0 N–H and O–H groups in total. The molecule has 0 bridgehead atoms. The van der Waals surface area contributed by atoms with Crippen LogP contribution in [0.2, 0.25) is 0 Å². The quantitative estimate of drug-likeness (QED) is 0.0698. The van der Waals surface area contributed by atoms with Crippen molar-refractivity contribution in [3.8, 4) is 6.01 Å². The third kappa shape index (κ3) is 6.63. The zero-order valence-corrected chi connectivity index (χ0v) is 22.7. The molecule has 0 aliphatic heterocycles. The lowest BCUT2D eigenvalue weighted by Gasteiger charge is -2.25. The lowest BCUT2D eigenvalue weighted by atomic mass is 10.1. The molecule has 0 saturated carbocycles. The van der Waals surface area contributed by atoms with Crippen LogP contribution in [0.15, 0.2) is 115 Å². The third-order valence-electron chi connectivity index (χ3n) is 6.01. The maximum absolute atomic E-state index is 13.4. The normalized spacial score (nSPS) is 12.9. The minimum atomic E-state index is -4.29. The Bertz CT molecular complexity index is 1540. The standard InChI is InChI=1S/C29H30N3O7S/c1-3-21-38-27(23-13-7-5-8-14-23)28(37-4-2)31-20-19-30(22-24-15-11-12-18-26(24)32(33)34)29(31)39-40(35,36)25-16-9-6-10-17-25/h3,5-20,27-28H,1,4,21-22H2,2H3/q+1. The second-order valence-corrected chi connectivity index (χ2v) is 10.2. The Morgan fingerprint density at radius 2 is 1.65 bits per heavy atom. The highest BCUT2D eigenvalue weighted by molar-refractivity contribution is 7.87. The molecule has 11 heteroatoms. The molecule has 10 nitrogen and oxygen atoms in total. The molecule has 40 heavy (non-hydrogen) atoms. The van der Waals surface area contributed by atoms with E-state index in [2.05, 4.69) is 6.58 Å². The highest BCUT2D eigenvalue weighted by Crippen LogP contribution is 2.34. The van der Waals surface area contributed by atoms with E-state index >= 15 is 0 Å². The first-order chi connectivity index (χ1) is 19.4. The van der Waals surface area contributed by atoms with Crippen molar-refractivity contribution in [1.82, 2.24) is 4.57 Å². The highest BCUT2D eigenvalue weighted by Gasteiger charge is 2.38. The minimum Gasteiger partial charge on any atom is -0.362 e. The average molecular weight is 565 g/mol. The van der Waals surface area contributed by atoms with Crippen LogP contribution in [-0.4, -0.2) is 31.1 Å². The minimum absolute atomic E-state index is 0.0356. The molecule has 4 rings (SSSR count). The van der Waals surface area contributed by atoms with Crippen molar-refractivity contribution in [2.75, 3.05) is 13.2 Å². The molecule has 1 heterocycles. The largest absolute Gasteiger partial charge is 0.474 e. The summed E-state index contributed by atoms with van der Waals surface area (Å²) >= 11 is 0. The number of hydrogen-bond acceptors (Lipinski definition) is 7. The van der Waals surface area contributed by atoms with E-state index in [4.69, 9.17) is 13.7 Å². The van der Waals surface area contributed by atoms with Crippen molar-refractivity contribution in [2.24, 2.45) is 0 Å². The van der Waals surface area contributed by atoms with E-state index in [0.29, 0.717) is 5.56 Å². The predicted molar refractivity (Wildman–Crippen MR) is 147 cm³/mol. The summed E-state index contributed by atoms with van der Waals surface area (Å²) in [6.07, 6.45) is 3.28. The van der Waals surface area contributed by atoms with Crippen molar-refractivity contribution in [1.29, 1.82) is 0 Å². The van der Waals surface area contributed by atoms with E-state index in [1.807, 2.05) is 37.3 Å². The molecule has 4 aromatic rings. The van der Waals surface area contributed by atoms with Gasteiger partial charge in [-0.05, 0) is 30.7 Å². The summed E-state index contributed by atoms with van der Waals surface area (Å²) in [5.41, 5.74) is 1.06. The Kier molecular flexibility index (Phi) is 9.43. The molecule has 208 valence electrons. The summed E-state index contributed by atoms with van der Waals surface area (Å²) in [6, 6.07) is 23.2. The van der Waals surface area contributed by atoms with Crippen molar-refractivity contribution in [3.05, 3.63) is 131 Å². The van der Waals surface area contributed by atoms with Gasteiger partial charge in [-0.25, -0.2) is 0 Å². The van der Waals surface area contributed by atoms with E-state index < -0.39 is 27.4 Å². The Morgan fingerprint density at radius 3 is 2.30 bits per heavy atom. The van der Waals surface area contributed by atoms with Crippen LogP contribution in [0.25, 0.3) is 0 Å². The lowest BCUT2D eigenvalue weighted by molar-refractivity contribution is -0.691. The van der Waals surface area contributed by atoms with Crippen LogP contribution in [0.3, 0.4) is 0 Å². The summed E-state index contributed by atoms with van der Waals surface area (Å²) in [4.78, 5) is 11.1. The van der Waals surface area contributed by atoms with E-state index in [1.165, 1.54) is 27.3 Å². The van der Waals surface area contributed by atoms with Gasteiger partial charge in [0.15, 0.2) is 0 Å². The lowest BCUT2D eigenvalue weighted by Crippen LogP contribution is -2.37. The average Bonchev–Trinajstić information content (AvgIpc) is 3.34. The summed E-state index contributed by atoms with van der Waals surface area (Å²) < 4.78 is 47.8. The number of rotatable bonds is 14. The van der Waals surface area contributed by atoms with Gasteiger partial charge in [0.2, 0.25) is 6.23 Å². The van der Waals surface area contributed by atoms with Gasteiger partial charge < -0.3 is 13.7 Å². The first-order valence-corrected chi connectivity index (χ1v) is 14.0. The van der Waals surface area contributed by atoms with Gasteiger partial charge in [-0.1, -0.05) is 66.7 Å². The first kappa shape index (κ1) is 28.7. The molecule has 0 radical (unpaired) electrons. The summed E-state index contributed by atoms with van der Waals surface area (Å²) in [7, 11) is -4.29. The number of nitrogens with zero attached hydrogens (tertiary/aromatic N) is 3. The number of nitro benzene ring substituents is 1. The van der Waals surface area contributed by atoms with E-state index in [9.17, 15) is 18.5 Å². The number of imidazole rings is 1. The van der Waals surface area contributed by atoms with Crippen LogP contribution in [0.5, 0.6) is 6.01 Å². The number of hydrogen-bond donors (Lipinski definition) is 0. The van der Waals surface area contributed by atoms with Gasteiger partial charge in [0.05, 0.1) is 17.1 Å². The molecule has 1 aromatic heterocycles. The second-order valence-electron chi connectivity index (χ2n) is 8.65. The summed E-state index contributed by atoms with van der Waals surface area (Å²) in [5.74, 6) is 0. The fraction of sp³-hybridized carbons (Fsp3) is 0.207. The molecule has 0 spiro atoms. The zero-order valence-electron chi connectivity index (χ0n) is 21.9. The fourth-order valence-corrected chi connectivity index (χ4v) is 5.18. The van der Waals surface area contributed by atoms with Crippen LogP contribution in [-0.2, 0) is 26.1 Å². The SMILES string of the molecule is C=CCOC(c1ccccc1)C(OCC)n1cc[n+](Cc2ccccc2[N+](=O)[O-])c1OS(=O)(=O)c1ccccc1. The topological polar surface area (TPSA) is 114 Å². The Hall–Kier alpha value is -4.32. The molecule has 0 saturated heterocycles. The van der Waals surface area contributed by atoms with Gasteiger partial charge >= 0.3 is 16.1 Å². The Balaban J connectivity index is 1.86. The summed E-state index contributed by atoms with van der Waals surface area (Å²) in [6.45, 7) is 6.00. The predicted octanol–water partition coefficient (Wildman–Crippen LogP) is 4.98. The van der Waals surface area contributed by atoms with Crippen molar-refractivity contribution in [2.45, 2.75) is 30.7 Å². The van der Waals surface area contributed by atoms with Crippen molar-refractivity contribution in [3.63, 3.8) is 0 Å². The number of benzene rings is 3. The van der Waals surface area contributed by atoms with Gasteiger partial charge in [-0.2, -0.15) is 17.6 Å². The van der Waals surface area contributed by atoms with E-state index in [-0.39, 0.29) is 36.4 Å². The zero-order chi connectivity index (χ0) is 28.5. The second kappa shape index (κ2) is 13.2. The molecule has 0 amide bonds. The van der Waals surface area contributed by atoms with E-state index in [1.54, 1.807) is 54.9 Å². The van der Waals surface area contributed by atoms with Crippen LogP contribution in [0.4, 0.5) is 5.69 Å². The van der Waals surface area contributed by atoms with Crippen molar-refractivity contribution >= 4 is 15.8 Å². The van der Waals surface area contributed by atoms with Crippen LogP contribution < -0.4 is 8.75 Å². The van der Waals surface area contributed by atoms with Gasteiger partial charge in [0.1, 0.15) is 29.9 Å². The first-order valence-electron chi connectivity index (χ1n) is 12.6. The molecule has 0 aliphatic carbocycles. The van der Waals surface area contributed by atoms with Crippen LogP contribution in [0, 0.1) is 10.1 Å². The molecular weight excluding hydrogens is 534 g/mol. The molecule has 0 fully saturated rings. The van der Waals surface area contributed by atoms with Gasteiger partial charge in [-0.3, -0.25) is 10.1 Å². The monoisotopic (exact) mass is 564 g/mol. The molecule has 2 unspecified atom stereocenters. The van der Waals surface area contributed by atoms with Gasteiger partial charge in [0.25, 0.3) is 5.69 Å². The molecule has 3 aromatic carbocycles. The molecule has 0 aliphatic rings. The number of nitro groups is 1. The smallest absolute Gasteiger partial charge is 0.362 e. The highest BCUT2D eigenvalue weighted by atomic mass is 32.2. The third-order valence-corrected chi connectivity index (χ3v) is 7.23. The maximum Gasteiger partial charge on any atom is 0.474 e. The fourth-order valence-electron chi connectivity index (χ4n) is 4.21. The van der Waals surface area contributed by atoms with Crippen LogP contribution in [0.1, 0.15) is 30.4 Å². The van der Waals surface area contributed by atoms with Gasteiger partial charge in [-0.15, -0.1) is 6.58 Å².